The molecular formula is C28H44N2O4. The van der Waals surface area contributed by atoms with E-state index in [2.05, 4.69) is 31.2 Å². The van der Waals surface area contributed by atoms with Crippen molar-refractivity contribution < 1.29 is 18.8 Å². The van der Waals surface area contributed by atoms with E-state index in [0.29, 0.717) is 22.9 Å². The zero-order valence-electron chi connectivity index (χ0n) is 21.9. The molecule has 0 radical (unpaired) electrons. The van der Waals surface area contributed by atoms with Gasteiger partial charge in [-0.3, -0.25) is 10.1 Å². The number of nitrogens with one attached hydrogen (secondary N) is 1. The lowest BCUT2D eigenvalue weighted by molar-refractivity contribution is 0.101. The molecule has 0 saturated carbocycles. The Kier molecular flexibility index (Phi) is 12.0. The standard InChI is InChI=1S/C28H44N2O4/c1-6-7-8-9-10-11-12-13-14-15-16-20-28(2,3)24-21-25(34-30-24)29-27(31)26-22(32-4)18-17-19-23(26)33-5/h17-19,21H,6-16,20H2,1-5H3,(H,29,31). The summed E-state index contributed by atoms with van der Waals surface area (Å²) in [6.45, 7) is 6.62. The summed E-state index contributed by atoms with van der Waals surface area (Å²) in [4.78, 5) is 12.9. The third kappa shape index (κ3) is 8.69. The monoisotopic (exact) mass is 472 g/mol. The van der Waals surface area contributed by atoms with E-state index in [1.807, 2.05) is 6.07 Å². The highest BCUT2D eigenvalue weighted by Crippen LogP contribution is 2.32. The average Bonchev–Trinajstić information content (AvgIpc) is 3.31. The molecule has 0 aliphatic rings. The first kappa shape index (κ1) is 27.7. The number of hydrogen-bond donors (Lipinski definition) is 1. The molecule has 0 bridgehead atoms. The molecule has 0 unspecified atom stereocenters. The van der Waals surface area contributed by atoms with Gasteiger partial charge >= 0.3 is 0 Å². The van der Waals surface area contributed by atoms with Gasteiger partial charge in [-0.1, -0.05) is 103 Å². The summed E-state index contributed by atoms with van der Waals surface area (Å²) in [6, 6.07) is 7.04. The molecule has 1 aromatic carbocycles. The normalized spacial score (nSPS) is 11.4. The Morgan fingerprint density at radius 1 is 0.912 bits per heavy atom. The molecule has 1 heterocycles. The summed E-state index contributed by atoms with van der Waals surface area (Å²) in [5.41, 5.74) is 1.06. The largest absolute Gasteiger partial charge is 0.496 e. The van der Waals surface area contributed by atoms with E-state index in [9.17, 15) is 4.79 Å². The van der Waals surface area contributed by atoms with Crippen molar-refractivity contribution in [2.45, 2.75) is 103 Å². The number of ether oxygens (including phenoxy) is 2. The van der Waals surface area contributed by atoms with Gasteiger partial charge in [-0.25, -0.2) is 0 Å². The van der Waals surface area contributed by atoms with Crippen molar-refractivity contribution in [3.8, 4) is 11.5 Å². The highest BCUT2D eigenvalue weighted by Gasteiger charge is 2.26. The van der Waals surface area contributed by atoms with Crippen LogP contribution in [-0.4, -0.2) is 25.3 Å². The molecule has 0 aliphatic heterocycles. The number of unbranched alkanes of at least 4 members (excludes halogenated alkanes) is 10. The number of carbonyl (C=O) groups excluding carboxylic acids is 1. The van der Waals surface area contributed by atoms with Crippen molar-refractivity contribution in [1.82, 2.24) is 5.16 Å². The molecule has 0 spiro atoms. The summed E-state index contributed by atoms with van der Waals surface area (Å²) in [5, 5.41) is 7.02. The van der Waals surface area contributed by atoms with Crippen molar-refractivity contribution in [3.63, 3.8) is 0 Å². The number of benzene rings is 1. The van der Waals surface area contributed by atoms with Crippen LogP contribution in [0.1, 0.15) is 114 Å². The molecule has 34 heavy (non-hydrogen) atoms. The first-order valence-electron chi connectivity index (χ1n) is 12.9. The fraction of sp³-hybridized carbons (Fsp3) is 0.643. The SMILES string of the molecule is CCCCCCCCCCCCCC(C)(C)c1cc(NC(=O)c2c(OC)cccc2OC)on1. The van der Waals surface area contributed by atoms with Gasteiger partial charge in [-0.15, -0.1) is 0 Å². The second-order valence-corrected chi connectivity index (χ2v) is 9.74. The molecule has 2 aromatic rings. The number of carbonyl (C=O) groups is 1. The Labute approximate surface area is 205 Å². The first-order chi connectivity index (χ1) is 16.4. The Balaban J connectivity index is 1.77. The molecule has 2 rings (SSSR count). The predicted octanol–water partition coefficient (Wildman–Crippen LogP) is 7.92. The number of amides is 1. The number of rotatable bonds is 17. The highest BCUT2D eigenvalue weighted by atomic mass is 16.5. The van der Waals surface area contributed by atoms with Crippen LogP contribution in [0, 0.1) is 0 Å². The lowest BCUT2D eigenvalue weighted by atomic mass is 9.83. The van der Waals surface area contributed by atoms with E-state index in [4.69, 9.17) is 14.0 Å². The maximum absolute atomic E-state index is 12.9. The van der Waals surface area contributed by atoms with Crippen LogP contribution in [0.15, 0.2) is 28.8 Å². The van der Waals surface area contributed by atoms with Crippen molar-refractivity contribution in [1.29, 1.82) is 0 Å². The van der Waals surface area contributed by atoms with E-state index in [1.165, 1.54) is 78.4 Å². The molecule has 6 nitrogen and oxygen atoms in total. The van der Waals surface area contributed by atoms with Gasteiger partial charge in [0.05, 0.1) is 19.9 Å². The van der Waals surface area contributed by atoms with Crippen LogP contribution in [0.2, 0.25) is 0 Å². The number of aromatic nitrogens is 1. The van der Waals surface area contributed by atoms with Gasteiger partial charge in [0.15, 0.2) is 0 Å². The van der Waals surface area contributed by atoms with Gasteiger partial charge < -0.3 is 14.0 Å². The zero-order chi connectivity index (χ0) is 24.8. The number of hydrogen-bond acceptors (Lipinski definition) is 5. The molecule has 1 N–H and O–H groups in total. The smallest absolute Gasteiger partial charge is 0.265 e. The van der Waals surface area contributed by atoms with Crippen molar-refractivity contribution >= 4 is 11.8 Å². The highest BCUT2D eigenvalue weighted by molar-refractivity contribution is 6.07. The second-order valence-electron chi connectivity index (χ2n) is 9.74. The third-order valence-corrected chi connectivity index (χ3v) is 6.50. The van der Waals surface area contributed by atoms with E-state index in [-0.39, 0.29) is 11.3 Å². The van der Waals surface area contributed by atoms with Gasteiger partial charge in [0.25, 0.3) is 5.91 Å². The van der Waals surface area contributed by atoms with Gasteiger partial charge in [-0.2, -0.15) is 0 Å². The quantitative estimate of drug-likeness (QED) is 0.237. The average molecular weight is 473 g/mol. The van der Waals surface area contributed by atoms with Crippen LogP contribution in [0.4, 0.5) is 5.88 Å². The van der Waals surface area contributed by atoms with E-state index >= 15 is 0 Å². The topological polar surface area (TPSA) is 73.6 Å². The Morgan fingerprint density at radius 2 is 1.44 bits per heavy atom. The molecule has 1 aromatic heterocycles. The number of anilines is 1. The summed E-state index contributed by atoms with van der Waals surface area (Å²) < 4.78 is 16.1. The van der Waals surface area contributed by atoms with Crippen molar-refractivity contribution in [3.05, 3.63) is 35.5 Å². The molecule has 0 saturated heterocycles. The molecule has 1 amide bonds. The van der Waals surface area contributed by atoms with Crippen LogP contribution < -0.4 is 14.8 Å². The minimum absolute atomic E-state index is 0.117. The summed E-state index contributed by atoms with van der Waals surface area (Å²) >= 11 is 0. The molecular weight excluding hydrogens is 428 g/mol. The Bertz CT molecular complexity index is 838. The summed E-state index contributed by atoms with van der Waals surface area (Å²) in [6.07, 6.45) is 15.7. The van der Waals surface area contributed by atoms with E-state index in [1.54, 1.807) is 18.2 Å². The predicted molar refractivity (Wildman–Crippen MR) is 138 cm³/mol. The van der Waals surface area contributed by atoms with Crippen LogP contribution in [0.25, 0.3) is 0 Å². The number of methoxy groups -OCH3 is 2. The molecule has 0 aliphatic carbocycles. The molecule has 6 heteroatoms. The first-order valence-corrected chi connectivity index (χ1v) is 12.9. The molecule has 190 valence electrons. The van der Waals surface area contributed by atoms with Crippen molar-refractivity contribution in [2.24, 2.45) is 0 Å². The maximum Gasteiger partial charge on any atom is 0.265 e. The minimum atomic E-state index is -0.361. The van der Waals surface area contributed by atoms with Crippen molar-refractivity contribution in [2.75, 3.05) is 19.5 Å². The van der Waals surface area contributed by atoms with E-state index < -0.39 is 0 Å². The third-order valence-electron chi connectivity index (χ3n) is 6.50. The summed E-state index contributed by atoms with van der Waals surface area (Å²) in [7, 11) is 3.05. The minimum Gasteiger partial charge on any atom is -0.496 e. The van der Waals surface area contributed by atoms with Crippen LogP contribution in [0.5, 0.6) is 11.5 Å². The number of nitrogens with zero attached hydrogens (tertiary/aromatic N) is 1. The van der Waals surface area contributed by atoms with Gasteiger partial charge in [0.2, 0.25) is 5.88 Å². The zero-order valence-corrected chi connectivity index (χ0v) is 21.9. The molecule has 0 fully saturated rings. The van der Waals surface area contributed by atoms with Gasteiger partial charge in [-0.05, 0) is 18.6 Å². The van der Waals surface area contributed by atoms with Crippen LogP contribution >= 0.6 is 0 Å². The molecule has 0 atom stereocenters. The fourth-order valence-electron chi connectivity index (χ4n) is 4.26. The second kappa shape index (κ2) is 14.7. The van der Waals surface area contributed by atoms with Crippen LogP contribution in [0.3, 0.4) is 0 Å². The van der Waals surface area contributed by atoms with Crippen LogP contribution in [-0.2, 0) is 5.41 Å². The Morgan fingerprint density at radius 3 is 1.97 bits per heavy atom. The summed E-state index contributed by atoms with van der Waals surface area (Å²) in [5.74, 6) is 0.835. The van der Waals surface area contributed by atoms with E-state index in [0.717, 1.165) is 18.5 Å². The maximum atomic E-state index is 12.9. The lowest BCUT2D eigenvalue weighted by Gasteiger charge is -2.21. The fourth-order valence-corrected chi connectivity index (χ4v) is 4.26. The van der Waals surface area contributed by atoms with Gasteiger partial charge in [0, 0.05) is 11.5 Å². The Hall–Kier alpha value is -2.50. The van der Waals surface area contributed by atoms with Gasteiger partial charge in [0.1, 0.15) is 17.1 Å². The lowest BCUT2D eigenvalue weighted by Crippen LogP contribution is -2.17.